The van der Waals surface area contributed by atoms with E-state index in [1.54, 1.807) is 4.90 Å². The van der Waals surface area contributed by atoms with Crippen molar-refractivity contribution < 1.29 is 18.4 Å². The van der Waals surface area contributed by atoms with E-state index in [9.17, 15) is 18.4 Å². The predicted octanol–water partition coefficient (Wildman–Crippen LogP) is 1.14. The van der Waals surface area contributed by atoms with Crippen molar-refractivity contribution in [3.63, 3.8) is 0 Å². The number of nitrogens with zero attached hydrogens (tertiary/aromatic N) is 2. The second-order valence-corrected chi connectivity index (χ2v) is 6.07. The first-order valence-corrected chi connectivity index (χ1v) is 7.76. The molecular weight excluding hydrogens is 304 g/mol. The van der Waals surface area contributed by atoms with Crippen molar-refractivity contribution in [2.45, 2.75) is 19.4 Å². The molecule has 1 N–H and O–H groups in total. The number of nitrogens with one attached hydrogen (secondary N) is 1. The molecule has 1 aromatic rings. The number of amides is 2. The van der Waals surface area contributed by atoms with E-state index in [2.05, 4.69) is 5.32 Å². The summed E-state index contributed by atoms with van der Waals surface area (Å²) < 4.78 is 26.4. The van der Waals surface area contributed by atoms with Gasteiger partial charge in [0.05, 0.1) is 0 Å². The maximum absolute atomic E-state index is 13.4. The summed E-state index contributed by atoms with van der Waals surface area (Å²) in [5.74, 6) is -3.20. The molecule has 0 saturated carbocycles. The molecule has 2 fully saturated rings. The van der Waals surface area contributed by atoms with Gasteiger partial charge in [0.1, 0.15) is 5.92 Å². The highest BCUT2D eigenvalue weighted by molar-refractivity contribution is 6.09. The average Bonchev–Trinajstić information content (AvgIpc) is 2.91. The molecule has 7 heteroatoms. The number of benzene rings is 1. The number of rotatable bonds is 2. The SMILES string of the molecule is C[C@@H]1CN(C(=O)[C@@H]2CCN(c3ccc(F)c(F)c3)C2=O)CCN1. The summed E-state index contributed by atoms with van der Waals surface area (Å²) in [5, 5.41) is 3.25. The van der Waals surface area contributed by atoms with E-state index in [-0.39, 0.29) is 23.5 Å². The summed E-state index contributed by atoms with van der Waals surface area (Å²) in [6.45, 7) is 4.19. The molecule has 124 valence electrons. The third-order valence-electron chi connectivity index (χ3n) is 4.40. The lowest BCUT2D eigenvalue weighted by Gasteiger charge is -2.33. The molecular formula is C16H19F2N3O2. The topological polar surface area (TPSA) is 52.7 Å². The number of piperazine rings is 1. The molecule has 23 heavy (non-hydrogen) atoms. The minimum absolute atomic E-state index is 0.173. The van der Waals surface area contributed by atoms with Crippen LogP contribution in [0, 0.1) is 17.6 Å². The highest BCUT2D eigenvalue weighted by Gasteiger charge is 2.40. The van der Waals surface area contributed by atoms with Gasteiger partial charge in [-0.3, -0.25) is 9.59 Å². The Kier molecular flexibility index (Phi) is 4.30. The summed E-state index contributed by atoms with van der Waals surface area (Å²) in [4.78, 5) is 28.1. The number of hydrogen-bond donors (Lipinski definition) is 1. The van der Waals surface area contributed by atoms with Crippen molar-refractivity contribution in [1.29, 1.82) is 0 Å². The zero-order valence-corrected chi connectivity index (χ0v) is 12.9. The van der Waals surface area contributed by atoms with E-state index in [1.807, 2.05) is 6.92 Å². The molecule has 2 heterocycles. The smallest absolute Gasteiger partial charge is 0.239 e. The van der Waals surface area contributed by atoms with Crippen LogP contribution in [0.5, 0.6) is 0 Å². The number of carbonyl (C=O) groups excluding carboxylic acids is 2. The van der Waals surface area contributed by atoms with Crippen molar-refractivity contribution >= 4 is 17.5 Å². The predicted molar refractivity (Wildman–Crippen MR) is 80.9 cm³/mol. The molecule has 2 aliphatic rings. The largest absolute Gasteiger partial charge is 0.339 e. The minimum Gasteiger partial charge on any atom is -0.339 e. The number of anilines is 1. The maximum Gasteiger partial charge on any atom is 0.239 e. The van der Waals surface area contributed by atoms with E-state index < -0.39 is 17.6 Å². The first-order chi connectivity index (χ1) is 11.0. The van der Waals surface area contributed by atoms with Crippen LogP contribution in [0.25, 0.3) is 0 Å². The van der Waals surface area contributed by atoms with E-state index in [4.69, 9.17) is 0 Å². The molecule has 0 aliphatic carbocycles. The van der Waals surface area contributed by atoms with Crippen molar-refractivity contribution in [1.82, 2.24) is 10.2 Å². The van der Waals surface area contributed by atoms with Crippen LogP contribution in [0.2, 0.25) is 0 Å². The fourth-order valence-corrected chi connectivity index (χ4v) is 3.17. The molecule has 0 spiro atoms. The molecule has 2 atom stereocenters. The third-order valence-corrected chi connectivity index (χ3v) is 4.40. The van der Waals surface area contributed by atoms with Gasteiger partial charge in [-0.15, -0.1) is 0 Å². The molecule has 2 aliphatic heterocycles. The van der Waals surface area contributed by atoms with Crippen LogP contribution in [0.3, 0.4) is 0 Å². The summed E-state index contributed by atoms with van der Waals surface area (Å²) >= 11 is 0. The highest BCUT2D eigenvalue weighted by atomic mass is 19.2. The number of hydrogen-bond acceptors (Lipinski definition) is 3. The second kappa shape index (κ2) is 6.23. The Morgan fingerprint density at radius 3 is 2.74 bits per heavy atom. The molecule has 1 aromatic carbocycles. The summed E-state index contributed by atoms with van der Waals surface area (Å²) in [6, 6.07) is 3.54. The van der Waals surface area contributed by atoms with Crippen molar-refractivity contribution in [2.24, 2.45) is 5.92 Å². The molecule has 3 rings (SSSR count). The quantitative estimate of drug-likeness (QED) is 0.831. The Balaban J connectivity index is 1.73. The number of carbonyl (C=O) groups is 2. The Morgan fingerprint density at radius 2 is 2.04 bits per heavy atom. The lowest BCUT2D eigenvalue weighted by atomic mass is 10.1. The van der Waals surface area contributed by atoms with E-state index in [1.165, 1.54) is 11.0 Å². The molecule has 0 radical (unpaired) electrons. The average molecular weight is 323 g/mol. The van der Waals surface area contributed by atoms with Gasteiger partial charge in [0.2, 0.25) is 11.8 Å². The van der Waals surface area contributed by atoms with Crippen LogP contribution in [-0.4, -0.2) is 48.9 Å². The second-order valence-electron chi connectivity index (χ2n) is 6.07. The van der Waals surface area contributed by atoms with Gasteiger partial charge in [-0.05, 0) is 25.5 Å². The fourth-order valence-electron chi connectivity index (χ4n) is 3.17. The van der Waals surface area contributed by atoms with Gasteiger partial charge in [-0.2, -0.15) is 0 Å². The van der Waals surface area contributed by atoms with Crippen LogP contribution in [0.4, 0.5) is 14.5 Å². The van der Waals surface area contributed by atoms with Crippen molar-refractivity contribution in [3.8, 4) is 0 Å². The monoisotopic (exact) mass is 323 g/mol. The van der Waals surface area contributed by atoms with Gasteiger partial charge in [0.15, 0.2) is 11.6 Å². The van der Waals surface area contributed by atoms with E-state index in [0.29, 0.717) is 32.6 Å². The Morgan fingerprint density at radius 1 is 1.26 bits per heavy atom. The maximum atomic E-state index is 13.4. The first kappa shape index (κ1) is 15.9. The Labute approximate surface area is 133 Å². The van der Waals surface area contributed by atoms with Crippen molar-refractivity contribution in [2.75, 3.05) is 31.1 Å². The lowest BCUT2D eigenvalue weighted by molar-refractivity contribution is -0.140. The van der Waals surface area contributed by atoms with Crippen LogP contribution >= 0.6 is 0 Å². The van der Waals surface area contributed by atoms with Crippen LogP contribution < -0.4 is 10.2 Å². The van der Waals surface area contributed by atoms with Gasteiger partial charge in [0, 0.05) is 44.0 Å². The van der Waals surface area contributed by atoms with E-state index in [0.717, 1.165) is 12.1 Å². The fraction of sp³-hybridized carbons (Fsp3) is 0.500. The van der Waals surface area contributed by atoms with Crippen LogP contribution in [-0.2, 0) is 9.59 Å². The molecule has 2 saturated heterocycles. The van der Waals surface area contributed by atoms with Crippen LogP contribution in [0.15, 0.2) is 18.2 Å². The van der Waals surface area contributed by atoms with Gasteiger partial charge < -0.3 is 15.1 Å². The molecule has 2 amide bonds. The molecule has 0 bridgehead atoms. The zero-order valence-electron chi connectivity index (χ0n) is 12.9. The molecule has 0 aromatic heterocycles. The van der Waals surface area contributed by atoms with Gasteiger partial charge in [0.25, 0.3) is 0 Å². The van der Waals surface area contributed by atoms with Crippen LogP contribution in [0.1, 0.15) is 13.3 Å². The standard InChI is InChI=1S/C16H19F2N3O2/c1-10-9-20(7-5-19-10)15(22)12-4-6-21(16(12)23)11-2-3-13(17)14(18)8-11/h2-3,8,10,12,19H,4-7,9H2,1H3/t10-,12+/m1/s1. The third kappa shape index (κ3) is 3.06. The zero-order chi connectivity index (χ0) is 16.6. The summed E-state index contributed by atoms with van der Waals surface area (Å²) in [6.07, 6.45) is 0.398. The summed E-state index contributed by atoms with van der Waals surface area (Å²) in [7, 11) is 0. The minimum atomic E-state index is -0.999. The highest BCUT2D eigenvalue weighted by Crippen LogP contribution is 2.28. The normalized spacial score (nSPS) is 25.1. The summed E-state index contributed by atoms with van der Waals surface area (Å²) in [5.41, 5.74) is 0.290. The molecule has 0 unspecified atom stereocenters. The van der Waals surface area contributed by atoms with Gasteiger partial charge in [-0.1, -0.05) is 0 Å². The first-order valence-electron chi connectivity index (χ1n) is 7.76. The van der Waals surface area contributed by atoms with Gasteiger partial charge in [-0.25, -0.2) is 8.78 Å². The lowest BCUT2D eigenvalue weighted by Crippen LogP contribution is -2.53. The van der Waals surface area contributed by atoms with Crippen molar-refractivity contribution in [3.05, 3.63) is 29.8 Å². The van der Waals surface area contributed by atoms with Gasteiger partial charge >= 0.3 is 0 Å². The van der Waals surface area contributed by atoms with E-state index >= 15 is 0 Å². The Hall–Kier alpha value is -2.02. The molecule has 5 nitrogen and oxygen atoms in total. The Bertz CT molecular complexity index is 638. The number of halogens is 2.